The third-order valence-electron chi connectivity index (χ3n) is 3.07. The van der Waals surface area contributed by atoms with Crippen molar-refractivity contribution in [3.8, 4) is 0 Å². The summed E-state index contributed by atoms with van der Waals surface area (Å²) in [7, 11) is 0. The van der Waals surface area contributed by atoms with Gasteiger partial charge < -0.3 is 5.32 Å². The van der Waals surface area contributed by atoms with Gasteiger partial charge in [-0.3, -0.25) is 10.1 Å². The first-order chi connectivity index (χ1) is 8.36. The second kappa shape index (κ2) is 6.18. The Kier molecular flexibility index (Phi) is 5.14. The second-order valence-corrected chi connectivity index (χ2v) is 5.63. The molecule has 0 aromatic heterocycles. The van der Waals surface area contributed by atoms with Gasteiger partial charge in [0, 0.05) is 22.1 Å². The average Bonchev–Trinajstić information content (AvgIpc) is 2.26. The molecule has 0 saturated heterocycles. The highest BCUT2D eigenvalue weighted by Gasteiger charge is 2.17. The minimum Gasteiger partial charge on any atom is -0.381 e. The van der Waals surface area contributed by atoms with Gasteiger partial charge in [0.25, 0.3) is 5.69 Å². The fourth-order valence-corrected chi connectivity index (χ4v) is 2.48. The molecule has 0 spiro atoms. The van der Waals surface area contributed by atoms with Crippen molar-refractivity contribution in [1.29, 1.82) is 0 Å². The third-order valence-corrected chi connectivity index (χ3v) is 3.72. The van der Waals surface area contributed by atoms with Crippen LogP contribution in [-0.4, -0.2) is 11.0 Å². The first-order valence-corrected chi connectivity index (χ1v) is 6.87. The normalized spacial score (nSPS) is 12.6. The molecular weight excluding hydrogens is 296 g/mol. The van der Waals surface area contributed by atoms with Crippen LogP contribution in [0.5, 0.6) is 0 Å². The van der Waals surface area contributed by atoms with E-state index in [9.17, 15) is 10.1 Å². The number of hydrogen-bond acceptors (Lipinski definition) is 3. The summed E-state index contributed by atoms with van der Waals surface area (Å²) in [6, 6.07) is 3.70. The highest BCUT2D eigenvalue weighted by atomic mass is 79.9. The van der Waals surface area contributed by atoms with Crippen LogP contribution in [0.15, 0.2) is 16.6 Å². The van der Waals surface area contributed by atoms with Crippen LogP contribution in [0.1, 0.15) is 32.8 Å². The van der Waals surface area contributed by atoms with Gasteiger partial charge in [-0.2, -0.15) is 0 Å². The Labute approximate surface area is 116 Å². The Morgan fingerprint density at radius 3 is 2.50 bits per heavy atom. The number of nitro benzene ring substituents is 1. The average molecular weight is 315 g/mol. The van der Waals surface area contributed by atoms with E-state index in [0.717, 1.165) is 16.6 Å². The van der Waals surface area contributed by atoms with Gasteiger partial charge in [0.05, 0.1) is 10.6 Å². The minimum absolute atomic E-state index is 0.152. The summed E-state index contributed by atoms with van der Waals surface area (Å²) in [6.45, 7) is 8.12. The molecule has 1 unspecified atom stereocenters. The van der Waals surface area contributed by atoms with Crippen molar-refractivity contribution in [2.24, 2.45) is 5.92 Å². The fraction of sp³-hybridized carbons (Fsp3) is 0.538. The summed E-state index contributed by atoms with van der Waals surface area (Å²) >= 11 is 3.45. The zero-order chi connectivity index (χ0) is 13.9. The molecule has 0 fully saturated rings. The number of nitrogens with zero attached hydrogens (tertiary/aromatic N) is 1. The molecule has 18 heavy (non-hydrogen) atoms. The van der Waals surface area contributed by atoms with E-state index < -0.39 is 0 Å². The van der Waals surface area contributed by atoms with Crippen molar-refractivity contribution >= 4 is 27.3 Å². The first kappa shape index (κ1) is 15.0. The molecule has 1 rings (SSSR count). The van der Waals surface area contributed by atoms with Crippen molar-refractivity contribution in [3.05, 3.63) is 32.3 Å². The molecule has 0 aliphatic heterocycles. The van der Waals surface area contributed by atoms with Crippen molar-refractivity contribution in [2.75, 3.05) is 5.32 Å². The summed E-state index contributed by atoms with van der Waals surface area (Å²) in [5.74, 6) is 0.474. The minimum atomic E-state index is -0.344. The van der Waals surface area contributed by atoms with Gasteiger partial charge in [-0.15, -0.1) is 0 Å². The van der Waals surface area contributed by atoms with E-state index in [-0.39, 0.29) is 10.6 Å². The molecule has 0 radical (unpaired) electrons. The number of benzene rings is 1. The van der Waals surface area contributed by atoms with Crippen LogP contribution < -0.4 is 5.32 Å². The summed E-state index contributed by atoms with van der Waals surface area (Å²) in [5.41, 5.74) is 1.60. The number of hydrogen-bond donors (Lipinski definition) is 1. The monoisotopic (exact) mass is 314 g/mol. The molecule has 1 N–H and O–H groups in total. The Balaban J connectivity index is 3.09. The van der Waals surface area contributed by atoms with E-state index in [4.69, 9.17) is 0 Å². The maximum atomic E-state index is 10.9. The number of rotatable bonds is 5. The zero-order valence-electron chi connectivity index (χ0n) is 11.2. The molecule has 1 aromatic rings. The zero-order valence-corrected chi connectivity index (χ0v) is 12.7. The maximum Gasteiger partial charge on any atom is 0.274 e. The van der Waals surface area contributed by atoms with E-state index in [1.54, 1.807) is 19.1 Å². The highest BCUT2D eigenvalue weighted by molar-refractivity contribution is 9.10. The SMILES string of the molecule is CCC(Nc1cc([N+](=O)[O-])c(C)cc1Br)C(C)C. The largest absolute Gasteiger partial charge is 0.381 e. The van der Waals surface area contributed by atoms with Crippen LogP contribution in [0.3, 0.4) is 0 Å². The molecule has 0 heterocycles. The first-order valence-electron chi connectivity index (χ1n) is 6.07. The topological polar surface area (TPSA) is 55.2 Å². The molecule has 0 saturated carbocycles. The van der Waals surface area contributed by atoms with Crippen LogP contribution in [0, 0.1) is 23.0 Å². The summed E-state index contributed by atoms with van der Waals surface area (Å²) in [5, 5.41) is 14.3. The number of anilines is 1. The van der Waals surface area contributed by atoms with Crippen molar-refractivity contribution in [1.82, 2.24) is 0 Å². The van der Waals surface area contributed by atoms with Crippen molar-refractivity contribution in [2.45, 2.75) is 40.2 Å². The molecule has 0 aliphatic carbocycles. The third kappa shape index (κ3) is 3.45. The molecular formula is C13H19BrN2O2. The lowest BCUT2D eigenvalue weighted by molar-refractivity contribution is -0.385. The Bertz CT molecular complexity index is 447. The van der Waals surface area contributed by atoms with Crippen LogP contribution in [0.2, 0.25) is 0 Å². The quantitative estimate of drug-likeness (QED) is 0.642. The van der Waals surface area contributed by atoms with Gasteiger partial charge in [-0.05, 0) is 41.3 Å². The molecule has 5 heteroatoms. The van der Waals surface area contributed by atoms with Gasteiger partial charge in [0.15, 0.2) is 0 Å². The van der Waals surface area contributed by atoms with E-state index in [1.807, 2.05) is 0 Å². The Morgan fingerprint density at radius 2 is 2.06 bits per heavy atom. The van der Waals surface area contributed by atoms with Gasteiger partial charge in [-0.1, -0.05) is 20.8 Å². The van der Waals surface area contributed by atoms with E-state index in [0.29, 0.717) is 17.5 Å². The predicted octanol–water partition coefficient (Wildman–Crippen LogP) is 4.51. The van der Waals surface area contributed by atoms with Crippen LogP contribution in [0.4, 0.5) is 11.4 Å². The van der Waals surface area contributed by atoms with Crippen LogP contribution in [0.25, 0.3) is 0 Å². The number of halogens is 1. The second-order valence-electron chi connectivity index (χ2n) is 4.78. The number of nitro groups is 1. The molecule has 1 aromatic carbocycles. The summed E-state index contributed by atoms with van der Waals surface area (Å²) in [6.07, 6.45) is 0.978. The molecule has 0 aliphatic rings. The van der Waals surface area contributed by atoms with Gasteiger partial charge in [-0.25, -0.2) is 0 Å². The number of nitrogens with one attached hydrogen (secondary N) is 1. The van der Waals surface area contributed by atoms with Crippen LogP contribution >= 0.6 is 15.9 Å². The molecule has 100 valence electrons. The summed E-state index contributed by atoms with van der Waals surface area (Å²) < 4.78 is 0.865. The van der Waals surface area contributed by atoms with Crippen molar-refractivity contribution in [3.63, 3.8) is 0 Å². The lowest BCUT2D eigenvalue weighted by Crippen LogP contribution is -2.24. The van der Waals surface area contributed by atoms with E-state index in [2.05, 4.69) is 42.0 Å². The highest BCUT2D eigenvalue weighted by Crippen LogP contribution is 2.31. The molecule has 1 atom stereocenters. The Hall–Kier alpha value is -1.10. The fourth-order valence-electron chi connectivity index (χ4n) is 1.91. The smallest absolute Gasteiger partial charge is 0.274 e. The van der Waals surface area contributed by atoms with E-state index in [1.165, 1.54) is 0 Å². The van der Waals surface area contributed by atoms with Gasteiger partial charge >= 0.3 is 0 Å². The molecule has 0 amide bonds. The van der Waals surface area contributed by atoms with Crippen LogP contribution in [-0.2, 0) is 0 Å². The maximum absolute atomic E-state index is 10.9. The molecule has 4 nitrogen and oxygen atoms in total. The molecule has 0 bridgehead atoms. The van der Waals surface area contributed by atoms with E-state index >= 15 is 0 Å². The van der Waals surface area contributed by atoms with Crippen molar-refractivity contribution < 1.29 is 4.92 Å². The Morgan fingerprint density at radius 1 is 1.44 bits per heavy atom. The number of aryl methyl sites for hydroxylation is 1. The standard InChI is InChI=1S/C13H19BrN2O2/c1-5-11(8(2)3)15-12-7-13(16(17)18)9(4)6-10(12)14/h6-8,11,15H,5H2,1-4H3. The lowest BCUT2D eigenvalue weighted by Gasteiger charge is -2.22. The van der Waals surface area contributed by atoms with Gasteiger partial charge in [0.2, 0.25) is 0 Å². The predicted molar refractivity (Wildman–Crippen MR) is 78.1 cm³/mol. The summed E-state index contributed by atoms with van der Waals surface area (Å²) in [4.78, 5) is 10.6. The lowest BCUT2D eigenvalue weighted by atomic mass is 10.0. The van der Waals surface area contributed by atoms with Gasteiger partial charge in [0.1, 0.15) is 0 Å².